The summed E-state index contributed by atoms with van der Waals surface area (Å²) in [7, 11) is 0. The minimum Gasteiger partial charge on any atom is -0.321 e. The van der Waals surface area contributed by atoms with Gasteiger partial charge in [0.15, 0.2) is 0 Å². The fourth-order valence-electron chi connectivity index (χ4n) is 2.98. The number of rotatable bonds is 4. The van der Waals surface area contributed by atoms with Gasteiger partial charge in [-0.2, -0.15) is 5.26 Å². The van der Waals surface area contributed by atoms with E-state index in [1.54, 1.807) is 12.1 Å². The molecule has 3 aromatic rings. The molecule has 1 N–H and O–H groups in total. The van der Waals surface area contributed by atoms with E-state index in [0.29, 0.717) is 22.2 Å². The highest BCUT2D eigenvalue weighted by molar-refractivity contribution is 6.30. The summed E-state index contributed by atoms with van der Waals surface area (Å²) in [5, 5.41) is 10.0. The summed E-state index contributed by atoms with van der Waals surface area (Å²) < 4.78 is 0. The van der Waals surface area contributed by atoms with Crippen LogP contribution >= 0.6 is 11.6 Å². The first-order valence-electron chi connectivity index (χ1n) is 8.50. The average molecular weight is 363 g/mol. The molecular weight excluding hydrogens is 344 g/mol. The van der Waals surface area contributed by atoms with Gasteiger partial charge in [-0.25, -0.2) is 0 Å². The molecule has 0 aliphatic heterocycles. The van der Waals surface area contributed by atoms with Crippen molar-refractivity contribution in [3.8, 4) is 28.5 Å². The number of pyridine rings is 1. The number of aromatic amines is 1. The Morgan fingerprint density at radius 1 is 1.04 bits per heavy atom. The molecule has 2 aromatic carbocycles. The van der Waals surface area contributed by atoms with E-state index >= 15 is 0 Å². The van der Waals surface area contributed by atoms with Gasteiger partial charge in [0, 0.05) is 16.3 Å². The third kappa shape index (κ3) is 3.87. The monoisotopic (exact) mass is 362 g/mol. The summed E-state index contributed by atoms with van der Waals surface area (Å²) in [4.78, 5) is 15.2. The average Bonchev–Trinajstić information content (AvgIpc) is 2.62. The third-order valence-corrected chi connectivity index (χ3v) is 4.46. The van der Waals surface area contributed by atoms with Gasteiger partial charge >= 0.3 is 0 Å². The van der Waals surface area contributed by atoms with Crippen LogP contribution in [0.2, 0.25) is 5.02 Å². The van der Waals surface area contributed by atoms with Crippen LogP contribution in [0.25, 0.3) is 22.4 Å². The summed E-state index contributed by atoms with van der Waals surface area (Å²) >= 11 is 5.95. The minimum atomic E-state index is -0.388. The van der Waals surface area contributed by atoms with Gasteiger partial charge in [-0.15, -0.1) is 0 Å². The lowest BCUT2D eigenvalue weighted by atomic mass is 9.97. The van der Waals surface area contributed by atoms with Gasteiger partial charge in [0.25, 0.3) is 5.56 Å². The highest BCUT2D eigenvalue weighted by Gasteiger charge is 2.12. The quantitative estimate of drug-likeness (QED) is 0.672. The lowest BCUT2D eigenvalue weighted by Crippen LogP contribution is -2.12. The summed E-state index contributed by atoms with van der Waals surface area (Å²) in [6.07, 6.45) is 1.01. The van der Waals surface area contributed by atoms with Crippen LogP contribution in [-0.2, 0) is 6.42 Å². The molecule has 1 aromatic heterocycles. The summed E-state index contributed by atoms with van der Waals surface area (Å²) in [5.41, 5.74) is 3.97. The number of halogens is 1. The predicted molar refractivity (Wildman–Crippen MR) is 106 cm³/mol. The van der Waals surface area contributed by atoms with Crippen LogP contribution in [0.1, 0.15) is 25.0 Å². The molecule has 0 spiro atoms. The maximum Gasteiger partial charge on any atom is 0.266 e. The normalized spacial score (nSPS) is 10.7. The smallest absolute Gasteiger partial charge is 0.266 e. The Balaban J connectivity index is 2.08. The van der Waals surface area contributed by atoms with Crippen LogP contribution in [-0.4, -0.2) is 4.98 Å². The molecule has 1 heterocycles. The molecular formula is C22H19ClN2O. The molecule has 0 fully saturated rings. The lowest BCUT2D eigenvalue weighted by molar-refractivity contribution is 0.647. The molecule has 0 unspecified atom stereocenters. The minimum absolute atomic E-state index is 0.104. The number of hydrogen-bond donors (Lipinski definition) is 1. The topological polar surface area (TPSA) is 56.6 Å². The number of hydrogen-bond acceptors (Lipinski definition) is 2. The standard InChI is InChI=1S/C22H19ClN2O/c1-14(2)11-15-3-5-17(6-4-15)21-12-19(20(13-24)22(26)25-21)16-7-9-18(23)10-8-16/h3-10,12,14H,11H2,1-2H3,(H,25,26). The Hall–Kier alpha value is -2.83. The fourth-order valence-corrected chi connectivity index (χ4v) is 3.10. The Kier molecular flexibility index (Phi) is 5.25. The van der Waals surface area contributed by atoms with E-state index < -0.39 is 0 Å². The van der Waals surface area contributed by atoms with Gasteiger partial charge in [0.1, 0.15) is 11.6 Å². The van der Waals surface area contributed by atoms with E-state index in [2.05, 4.69) is 31.0 Å². The van der Waals surface area contributed by atoms with Crippen molar-refractivity contribution in [3.05, 3.63) is 81.1 Å². The zero-order chi connectivity index (χ0) is 18.7. The first-order chi connectivity index (χ1) is 12.5. The van der Waals surface area contributed by atoms with Gasteiger partial charge < -0.3 is 4.98 Å². The van der Waals surface area contributed by atoms with E-state index in [9.17, 15) is 10.1 Å². The molecule has 0 saturated heterocycles. The zero-order valence-corrected chi connectivity index (χ0v) is 15.5. The maximum atomic E-state index is 12.4. The van der Waals surface area contributed by atoms with Crippen LogP contribution in [0.5, 0.6) is 0 Å². The Labute approximate surface area is 157 Å². The number of aromatic nitrogens is 1. The molecule has 130 valence electrons. The Morgan fingerprint density at radius 2 is 1.65 bits per heavy atom. The van der Waals surface area contributed by atoms with Gasteiger partial charge in [0.05, 0.1) is 0 Å². The van der Waals surface area contributed by atoms with Gasteiger partial charge in [0.2, 0.25) is 0 Å². The van der Waals surface area contributed by atoms with Crippen molar-refractivity contribution < 1.29 is 0 Å². The van der Waals surface area contributed by atoms with Crippen molar-refractivity contribution in [3.63, 3.8) is 0 Å². The second-order valence-electron chi connectivity index (χ2n) is 6.71. The van der Waals surface area contributed by atoms with E-state index in [-0.39, 0.29) is 11.1 Å². The highest BCUT2D eigenvalue weighted by atomic mass is 35.5. The number of H-pyrrole nitrogens is 1. The third-order valence-electron chi connectivity index (χ3n) is 4.21. The van der Waals surface area contributed by atoms with Crippen LogP contribution in [0.4, 0.5) is 0 Å². The number of benzene rings is 2. The van der Waals surface area contributed by atoms with Gasteiger partial charge in [-0.1, -0.05) is 61.8 Å². The van der Waals surface area contributed by atoms with Crippen molar-refractivity contribution in [1.82, 2.24) is 4.98 Å². The van der Waals surface area contributed by atoms with E-state index in [1.807, 2.05) is 36.4 Å². The second kappa shape index (κ2) is 7.59. The predicted octanol–water partition coefficient (Wildman–Crippen LogP) is 5.43. The Morgan fingerprint density at radius 3 is 2.23 bits per heavy atom. The molecule has 26 heavy (non-hydrogen) atoms. The molecule has 3 nitrogen and oxygen atoms in total. The first-order valence-corrected chi connectivity index (χ1v) is 8.88. The molecule has 0 radical (unpaired) electrons. The lowest BCUT2D eigenvalue weighted by Gasteiger charge is -2.10. The van der Waals surface area contributed by atoms with E-state index in [1.165, 1.54) is 5.56 Å². The summed E-state index contributed by atoms with van der Waals surface area (Å²) in [6.45, 7) is 4.37. The van der Waals surface area contributed by atoms with Crippen LogP contribution in [0, 0.1) is 17.2 Å². The zero-order valence-electron chi connectivity index (χ0n) is 14.7. The van der Waals surface area contributed by atoms with Crippen molar-refractivity contribution in [1.29, 1.82) is 5.26 Å². The number of nitrogens with zero attached hydrogens (tertiary/aromatic N) is 1. The molecule has 0 bridgehead atoms. The molecule has 4 heteroatoms. The molecule has 0 amide bonds. The number of nitrogens with one attached hydrogen (secondary N) is 1. The maximum absolute atomic E-state index is 12.4. The SMILES string of the molecule is CC(C)Cc1ccc(-c2cc(-c3ccc(Cl)cc3)c(C#N)c(=O)[nH]2)cc1. The highest BCUT2D eigenvalue weighted by Crippen LogP contribution is 2.27. The van der Waals surface area contributed by atoms with Crippen molar-refractivity contribution in [2.24, 2.45) is 5.92 Å². The van der Waals surface area contributed by atoms with Crippen molar-refractivity contribution in [2.45, 2.75) is 20.3 Å². The molecule has 0 saturated carbocycles. The summed E-state index contributed by atoms with van der Waals surface area (Å²) in [5.74, 6) is 0.590. The molecule has 0 aliphatic rings. The van der Waals surface area contributed by atoms with Crippen molar-refractivity contribution in [2.75, 3.05) is 0 Å². The fraction of sp³-hybridized carbons (Fsp3) is 0.182. The summed E-state index contributed by atoms with van der Waals surface area (Å²) in [6, 6.07) is 19.1. The molecule has 3 rings (SSSR count). The molecule has 0 aliphatic carbocycles. The van der Waals surface area contributed by atoms with E-state index in [4.69, 9.17) is 11.6 Å². The van der Waals surface area contributed by atoms with E-state index in [0.717, 1.165) is 17.5 Å². The van der Waals surface area contributed by atoms with Crippen LogP contribution in [0.15, 0.2) is 59.4 Å². The van der Waals surface area contributed by atoms with Gasteiger partial charge in [-0.3, -0.25) is 4.79 Å². The first kappa shape index (κ1) is 18.0. The second-order valence-corrected chi connectivity index (χ2v) is 7.15. The van der Waals surface area contributed by atoms with Gasteiger partial charge in [-0.05, 0) is 47.2 Å². The van der Waals surface area contributed by atoms with Crippen LogP contribution < -0.4 is 5.56 Å². The number of nitriles is 1. The molecule has 0 atom stereocenters. The Bertz CT molecular complexity index is 1010. The largest absolute Gasteiger partial charge is 0.321 e. The van der Waals surface area contributed by atoms with Crippen LogP contribution in [0.3, 0.4) is 0 Å². The van der Waals surface area contributed by atoms with Crippen molar-refractivity contribution >= 4 is 11.6 Å².